The molecule has 0 atom stereocenters. The van der Waals surface area contributed by atoms with Gasteiger partial charge < -0.3 is 10.2 Å². The Morgan fingerprint density at radius 2 is 1.85 bits per heavy atom. The van der Waals surface area contributed by atoms with E-state index in [0.717, 1.165) is 18.8 Å². The van der Waals surface area contributed by atoms with Crippen LogP contribution in [-0.4, -0.2) is 18.1 Å². The minimum absolute atomic E-state index is 0.499. The molecule has 3 heteroatoms. The molecule has 0 amide bonds. The zero-order chi connectivity index (χ0) is 14.4. The van der Waals surface area contributed by atoms with Crippen LogP contribution in [0.2, 0.25) is 0 Å². The van der Waals surface area contributed by atoms with E-state index in [1.807, 2.05) is 12.3 Å². The van der Waals surface area contributed by atoms with Crippen molar-refractivity contribution in [3.05, 3.63) is 59.9 Å². The van der Waals surface area contributed by atoms with E-state index in [0.29, 0.717) is 6.04 Å². The van der Waals surface area contributed by atoms with Gasteiger partial charge in [0.15, 0.2) is 0 Å². The van der Waals surface area contributed by atoms with Gasteiger partial charge in [0.25, 0.3) is 0 Å². The molecule has 0 spiro atoms. The van der Waals surface area contributed by atoms with Crippen molar-refractivity contribution in [2.45, 2.75) is 33.0 Å². The second kappa shape index (κ2) is 7.06. The smallest absolute Gasteiger partial charge is 0.0598 e. The lowest BCUT2D eigenvalue weighted by molar-refractivity contribution is 0.587. The van der Waals surface area contributed by atoms with Gasteiger partial charge in [-0.25, -0.2) is 0 Å². The summed E-state index contributed by atoms with van der Waals surface area (Å²) in [4.78, 5) is 6.74. The van der Waals surface area contributed by atoms with Crippen molar-refractivity contribution >= 4 is 5.69 Å². The van der Waals surface area contributed by atoms with Crippen LogP contribution in [0.25, 0.3) is 0 Å². The molecular formula is C17H23N3. The number of anilines is 1. The number of nitrogens with zero attached hydrogens (tertiary/aromatic N) is 2. The van der Waals surface area contributed by atoms with Gasteiger partial charge in [-0.05, 0) is 23.8 Å². The van der Waals surface area contributed by atoms with Gasteiger partial charge in [0.05, 0.1) is 12.2 Å². The average Bonchev–Trinajstić information content (AvgIpc) is 2.47. The minimum atomic E-state index is 0.499. The lowest BCUT2D eigenvalue weighted by Gasteiger charge is -2.18. The summed E-state index contributed by atoms with van der Waals surface area (Å²) < 4.78 is 0. The molecule has 1 heterocycles. The average molecular weight is 269 g/mol. The first kappa shape index (κ1) is 14.5. The van der Waals surface area contributed by atoms with Crippen LogP contribution in [0.4, 0.5) is 5.69 Å². The third-order valence-corrected chi connectivity index (χ3v) is 3.20. The molecule has 2 aromatic rings. The lowest BCUT2D eigenvalue weighted by atomic mass is 10.2. The zero-order valence-corrected chi connectivity index (χ0v) is 12.5. The predicted molar refractivity (Wildman–Crippen MR) is 84.8 cm³/mol. The topological polar surface area (TPSA) is 28.2 Å². The van der Waals surface area contributed by atoms with Crippen LogP contribution in [-0.2, 0) is 13.1 Å². The molecule has 1 N–H and O–H groups in total. The van der Waals surface area contributed by atoms with Crippen molar-refractivity contribution in [2.24, 2.45) is 0 Å². The Labute approximate surface area is 121 Å². The molecular weight excluding hydrogens is 246 g/mol. The summed E-state index contributed by atoms with van der Waals surface area (Å²) in [6, 6.07) is 15.1. The molecule has 0 fully saturated rings. The quantitative estimate of drug-likeness (QED) is 0.872. The number of para-hydroxylation sites is 1. The summed E-state index contributed by atoms with van der Waals surface area (Å²) in [5.74, 6) is 0. The van der Waals surface area contributed by atoms with Crippen molar-refractivity contribution in [3.63, 3.8) is 0 Å². The Bertz CT molecular complexity index is 506. The molecule has 0 aliphatic carbocycles. The summed E-state index contributed by atoms with van der Waals surface area (Å²) in [5, 5.41) is 3.40. The second-order valence-electron chi connectivity index (χ2n) is 5.38. The Hall–Kier alpha value is -1.87. The third kappa shape index (κ3) is 4.35. The van der Waals surface area contributed by atoms with Crippen LogP contribution in [0.5, 0.6) is 0 Å². The normalized spacial score (nSPS) is 10.8. The maximum absolute atomic E-state index is 4.54. The van der Waals surface area contributed by atoms with Crippen molar-refractivity contribution in [3.8, 4) is 0 Å². The van der Waals surface area contributed by atoms with Crippen LogP contribution in [0.1, 0.15) is 25.1 Å². The van der Waals surface area contributed by atoms with Crippen LogP contribution < -0.4 is 10.2 Å². The Balaban J connectivity index is 1.93. The van der Waals surface area contributed by atoms with Gasteiger partial charge in [-0.3, -0.25) is 4.98 Å². The van der Waals surface area contributed by atoms with E-state index in [1.165, 1.54) is 11.3 Å². The molecule has 1 aromatic heterocycles. The molecule has 20 heavy (non-hydrogen) atoms. The minimum Gasteiger partial charge on any atom is -0.369 e. The number of hydrogen-bond donors (Lipinski definition) is 1. The number of hydrogen-bond acceptors (Lipinski definition) is 3. The van der Waals surface area contributed by atoms with E-state index in [2.05, 4.69) is 72.5 Å². The first-order valence-corrected chi connectivity index (χ1v) is 7.08. The van der Waals surface area contributed by atoms with Gasteiger partial charge >= 0.3 is 0 Å². The number of rotatable bonds is 6. The van der Waals surface area contributed by atoms with Crippen molar-refractivity contribution < 1.29 is 0 Å². The van der Waals surface area contributed by atoms with E-state index in [-0.39, 0.29) is 0 Å². The van der Waals surface area contributed by atoms with Gasteiger partial charge in [0, 0.05) is 31.5 Å². The molecule has 0 saturated heterocycles. The highest BCUT2D eigenvalue weighted by Gasteiger charge is 2.03. The van der Waals surface area contributed by atoms with Gasteiger partial charge in [0.1, 0.15) is 0 Å². The summed E-state index contributed by atoms with van der Waals surface area (Å²) in [6.45, 7) is 5.99. The van der Waals surface area contributed by atoms with Gasteiger partial charge in [-0.2, -0.15) is 0 Å². The fraction of sp³-hybridized carbons (Fsp3) is 0.353. The molecule has 0 bridgehead atoms. The first-order chi connectivity index (χ1) is 9.65. The fourth-order valence-electron chi connectivity index (χ4n) is 1.99. The van der Waals surface area contributed by atoms with Gasteiger partial charge in [-0.15, -0.1) is 0 Å². The molecule has 0 radical (unpaired) electrons. The molecule has 1 aromatic carbocycles. The number of benzene rings is 1. The predicted octanol–water partition coefficient (Wildman–Crippen LogP) is 3.22. The molecule has 0 saturated carbocycles. The Morgan fingerprint density at radius 1 is 1.10 bits per heavy atom. The number of pyridine rings is 1. The molecule has 2 rings (SSSR count). The second-order valence-corrected chi connectivity index (χ2v) is 5.38. The molecule has 106 valence electrons. The highest BCUT2D eigenvalue weighted by Crippen LogP contribution is 2.13. The standard InChI is InChI=1S/C17H23N3/c1-14(2)18-11-15-9-10-16(19-12-15)13-20(3)17-7-5-4-6-8-17/h4-10,12,14,18H,11,13H2,1-3H3. The lowest BCUT2D eigenvalue weighted by Crippen LogP contribution is -2.22. The largest absolute Gasteiger partial charge is 0.369 e. The van der Waals surface area contributed by atoms with E-state index in [9.17, 15) is 0 Å². The van der Waals surface area contributed by atoms with Gasteiger partial charge in [0.2, 0.25) is 0 Å². The van der Waals surface area contributed by atoms with E-state index >= 15 is 0 Å². The number of nitrogens with one attached hydrogen (secondary N) is 1. The van der Waals surface area contributed by atoms with Crippen LogP contribution in [0, 0.1) is 0 Å². The van der Waals surface area contributed by atoms with E-state index < -0.39 is 0 Å². The van der Waals surface area contributed by atoms with Crippen molar-refractivity contribution in [2.75, 3.05) is 11.9 Å². The van der Waals surface area contributed by atoms with Crippen LogP contribution >= 0.6 is 0 Å². The Morgan fingerprint density at radius 3 is 2.45 bits per heavy atom. The van der Waals surface area contributed by atoms with Gasteiger partial charge in [-0.1, -0.05) is 38.1 Å². The molecule has 3 nitrogen and oxygen atoms in total. The highest BCUT2D eigenvalue weighted by molar-refractivity contribution is 5.45. The first-order valence-electron chi connectivity index (χ1n) is 7.08. The summed E-state index contributed by atoms with van der Waals surface area (Å²) in [5.41, 5.74) is 3.52. The van der Waals surface area contributed by atoms with E-state index in [1.54, 1.807) is 0 Å². The van der Waals surface area contributed by atoms with Crippen molar-refractivity contribution in [1.29, 1.82) is 0 Å². The molecule has 0 aliphatic heterocycles. The SMILES string of the molecule is CC(C)NCc1ccc(CN(C)c2ccccc2)nc1. The summed E-state index contributed by atoms with van der Waals surface area (Å²) >= 11 is 0. The maximum atomic E-state index is 4.54. The van der Waals surface area contributed by atoms with E-state index in [4.69, 9.17) is 0 Å². The van der Waals surface area contributed by atoms with Crippen LogP contribution in [0.15, 0.2) is 48.7 Å². The number of aromatic nitrogens is 1. The van der Waals surface area contributed by atoms with Crippen LogP contribution in [0.3, 0.4) is 0 Å². The zero-order valence-electron chi connectivity index (χ0n) is 12.5. The molecule has 0 aliphatic rings. The highest BCUT2D eigenvalue weighted by atomic mass is 15.1. The fourth-order valence-corrected chi connectivity index (χ4v) is 1.99. The Kier molecular flexibility index (Phi) is 5.13. The summed E-state index contributed by atoms with van der Waals surface area (Å²) in [6.07, 6.45) is 1.96. The molecule has 0 unspecified atom stereocenters. The monoisotopic (exact) mass is 269 g/mol. The van der Waals surface area contributed by atoms with Crippen molar-refractivity contribution in [1.82, 2.24) is 10.3 Å². The summed E-state index contributed by atoms with van der Waals surface area (Å²) in [7, 11) is 2.09. The maximum Gasteiger partial charge on any atom is 0.0598 e. The third-order valence-electron chi connectivity index (χ3n) is 3.20.